The Hall–Kier alpha value is -1.55. The summed E-state index contributed by atoms with van der Waals surface area (Å²) in [6.07, 6.45) is 1.73. The van der Waals surface area contributed by atoms with Crippen molar-refractivity contribution >= 4 is 11.7 Å². The van der Waals surface area contributed by atoms with Gasteiger partial charge >= 0.3 is 5.97 Å². The minimum Gasteiger partial charge on any atom is -0.468 e. The van der Waals surface area contributed by atoms with Crippen molar-refractivity contribution in [2.24, 2.45) is 0 Å². The summed E-state index contributed by atoms with van der Waals surface area (Å²) in [6, 6.07) is 6.26. The maximum absolute atomic E-state index is 11.8. The summed E-state index contributed by atoms with van der Waals surface area (Å²) >= 11 is 0. The van der Waals surface area contributed by atoms with Crippen LogP contribution in [0.3, 0.4) is 0 Å². The maximum atomic E-state index is 11.8. The van der Waals surface area contributed by atoms with E-state index in [-0.39, 0.29) is 12.0 Å². The fourth-order valence-corrected chi connectivity index (χ4v) is 2.39. The largest absolute Gasteiger partial charge is 0.468 e. The van der Waals surface area contributed by atoms with Gasteiger partial charge < -0.3 is 15.0 Å². The van der Waals surface area contributed by atoms with Crippen LogP contribution in [0, 0.1) is 13.8 Å². The molecule has 21 heavy (non-hydrogen) atoms. The van der Waals surface area contributed by atoms with Gasteiger partial charge in [0.2, 0.25) is 0 Å². The number of nitrogens with zero attached hydrogens (tertiary/aromatic N) is 1. The van der Waals surface area contributed by atoms with Gasteiger partial charge in [0.15, 0.2) is 0 Å². The lowest BCUT2D eigenvalue weighted by Gasteiger charge is -2.23. The van der Waals surface area contributed by atoms with Gasteiger partial charge in [-0.1, -0.05) is 13.0 Å². The lowest BCUT2D eigenvalue weighted by molar-refractivity contribution is -0.143. The summed E-state index contributed by atoms with van der Waals surface area (Å²) < 4.78 is 4.87. The predicted octanol–water partition coefficient (Wildman–Crippen LogP) is 2.67. The summed E-state index contributed by atoms with van der Waals surface area (Å²) in [6.45, 7) is 7.92. The number of carbonyl (C=O) groups is 1. The number of ether oxygens (including phenoxy) is 1. The Labute approximate surface area is 128 Å². The first-order valence-corrected chi connectivity index (χ1v) is 7.58. The lowest BCUT2D eigenvalue weighted by atomic mass is 10.1. The Kier molecular flexibility index (Phi) is 7.23. The molecule has 0 amide bonds. The smallest absolute Gasteiger partial charge is 0.322 e. The van der Waals surface area contributed by atoms with E-state index in [1.165, 1.54) is 23.9 Å². The minimum absolute atomic E-state index is 0.183. The van der Waals surface area contributed by atoms with E-state index in [0.717, 1.165) is 25.9 Å². The van der Waals surface area contributed by atoms with E-state index in [1.54, 1.807) is 0 Å². The average Bonchev–Trinajstić information content (AvgIpc) is 2.45. The summed E-state index contributed by atoms with van der Waals surface area (Å²) in [5.74, 6) is -0.183. The molecule has 0 spiro atoms. The highest BCUT2D eigenvalue weighted by Crippen LogP contribution is 2.18. The van der Waals surface area contributed by atoms with Crippen molar-refractivity contribution < 1.29 is 9.53 Å². The van der Waals surface area contributed by atoms with Crippen molar-refractivity contribution in [3.05, 3.63) is 29.3 Å². The molecule has 0 aliphatic heterocycles. The molecule has 1 rings (SSSR count). The normalized spacial score (nSPS) is 12.0. The molecule has 1 N–H and O–H groups in total. The number of hydrogen-bond acceptors (Lipinski definition) is 4. The van der Waals surface area contributed by atoms with Crippen LogP contribution in [-0.4, -0.2) is 39.3 Å². The molecule has 1 aromatic rings. The Morgan fingerprint density at radius 3 is 2.43 bits per heavy atom. The molecule has 0 aliphatic carbocycles. The second kappa shape index (κ2) is 8.67. The number of aryl methyl sites for hydroxylation is 2. The lowest BCUT2D eigenvalue weighted by Crippen LogP contribution is -2.40. The Morgan fingerprint density at radius 2 is 1.90 bits per heavy atom. The summed E-state index contributed by atoms with van der Waals surface area (Å²) in [4.78, 5) is 14.0. The zero-order chi connectivity index (χ0) is 15.8. The van der Waals surface area contributed by atoms with Crippen LogP contribution in [0.25, 0.3) is 0 Å². The first kappa shape index (κ1) is 17.5. The van der Waals surface area contributed by atoms with E-state index < -0.39 is 0 Å². The van der Waals surface area contributed by atoms with Gasteiger partial charge in [-0.15, -0.1) is 0 Å². The molecule has 0 heterocycles. The third-order valence-corrected chi connectivity index (χ3v) is 3.53. The third-order valence-electron chi connectivity index (χ3n) is 3.53. The number of nitrogens with one attached hydrogen (secondary N) is 1. The van der Waals surface area contributed by atoms with Crippen molar-refractivity contribution in [1.29, 1.82) is 0 Å². The van der Waals surface area contributed by atoms with Crippen LogP contribution in [-0.2, 0) is 9.53 Å². The van der Waals surface area contributed by atoms with Gasteiger partial charge in [-0.25, -0.2) is 0 Å². The number of benzene rings is 1. The number of methoxy groups -OCH3 is 1. The Morgan fingerprint density at radius 1 is 1.29 bits per heavy atom. The molecule has 1 unspecified atom stereocenters. The second-order valence-electron chi connectivity index (χ2n) is 5.59. The number of carbonyl (C=O) groups excluding carboxylic acids is 1. The Bertz CT molecular complexity index is 440. The standard InChI is InChI=1S/C17H28N2O2/c1-6-8-18-16(17(20)21-5)7-9-19(4)15-11-13(2)10-14(3)12-15/h10-12,16,18H,6-9H2,1-5H3. The molecule has 0 saturated carbocycles. The highest BCUT2D eigenvalue weighted by atomic mass is 16.5. The predicted molar refractivity (Wildman–Crippen MR) is 87.9 cm³/mol. The van der Waals surface area contributed by atoms with E-state index in [1.807, 2.05) is 0 Å². The third kappa shape index (κ3) is 5.76. The van der Waals surface area contributed by atoms with Crippen molar-refractivity contribution in [1.82, 2.24) is 5.32 Å². The fourth-order valence-electron chi connectivity index (χ4n) is 2.39. The van der Waals surface area contributed by atoms with Crippen LogP contribution in [0.15, 0.2) is 18.2 Å². The maximum Gasteiger partial charge on any atom is 0.322 e. The van der Waals surface area contributed by atoms with Crippen molar-refractivity contribution in [2.75, 3.05) is 32.1 Å². The van der Waals surface area contributed by atoms with Gasteiger partial charge in [0, 0.05) is 19.3 Å². The molecule has 0 bridgehead atoms. The zero-order valence-corrected chi connectivity index (χ0v) is 13.9. The van der Waals surface area contributed by atoms with Gasteiger partial charge in [-0.2, -0.15) is 0 Å². The molecule has 4 heteroatoms. The van der Waals surface area contributed by atoms with Crippen LogP contribution >= 0.6 is 0 Å². The molecular formula is C17H28N2O2. The van der Waals surface area contributed by atoms with Crippen LogP contribution in [0.2, 0.25) is 0 Å². The monoisotopic (exact) mass is 292 g/mol. The van der Waals surface area contributed by atoms with Crippen molar-refractivity contribution in [2.45, 2.75) is 39.7 Å². The van der Waals surface area contributed by atoms with Crippen LogP contribution in [0.1, 0.15) is 30.9 Å². The van der Waals surface area contributed by atoms with E-state index in [0.29, 0.717) is 0 Å². The molecule has 1 atom stereocenters. The van der Waals surface area contributed by atoms with Crippen molar-refractivity contribution in [3.8, 4) is 0 Å². The Balaban J connectivity index is 2.63. The number of esters is 1. The number of anilines is 1. The van der Waals surface area contributed by atoms with Gasteiger partial charge in [0.1, 0.15) is 6.04 Å². The van der Waals surface area contributed by atoms with E-state index >= 15 is 0 Å². The summed E-state index contributed by atoms with van der Waals surface area (Å²) in [5, 5.41) is 3.25. The molecular weight excluding hydrogens is 264 g/mol. The van der Waals surface area contributed by atoms with Crippen LogP contribution < -0.4 is 10.2 Å². The average molecular weight is 292 g/mol. The van der Waals surface area contributed by atoms with Crippen molar-refractivity contribution in [3.63, 3.8) is 0 Å². The van der Waals surface area contributed by atoms with Crippen LogP contribution in [0.5, 0.6) is 0 Å². The van der Waals surface area contributed by atoms with E-state index in [2.05, 4.69) is 56.2 Å². The van der Waals surface area contributed by atoms with Crippen LogP contribution in [0.4, 0.5) is 5.69 Å². The first-order chi connectivity index (χ1) is 9.97. The van der Waals surface area contributed by atoms with E-state index in [4.69, 9.17) is 4.74 Å². The number of hydrogen-bond donors (Lipinski definition) is 1. The molecule has 118 valence electrons. The molecule has 0 fully saturated rings. The summed E-state index contributed by atoms with van der Waals surface area (Å²) in [5.41, 5.74) is 3.70. The van der Waals surface area contributed by atoms with Gasteiger partial charge in [0.05, 0.1) is 7.11 Å². The highest BCUT2D eigenvalue weighted by Gasteiger charge is 2.18. The molecule has 1 aromatic carbocycles. The number of rotatable bonds is 8. The molecule has 0 aromatic heterocycles. The zero-order valence-electron chi connectivity index (χ0n) is 13.9. The SMILES string of the molecule is CCCNC(CCN(C)c1cc(C)cc(C)c1)C(=O)OC. The quantitative estimate of drug-likeness (QED) is 0.748. The molecule has 0 aliphatic rings. The fraction of sp³-hybridized carbons (Fsp3) is 0.588. The van der Waals surface area contributed by atoms with E-state index in [9.17, 15) is 4.79 Å². The first-order valence-electron chi connectivity index (χ1n) is 7.58. The summed E-state index contributed by atoms with van der Waals surface area (Å²) in [7, 11) is 3.50. The van der Waals surface area contributed by atoms with Gasteiger partial charge in [-0.3, -0.25) is 4.79 Å². The second-order valence-corrected chi connectivity index (χ2v) is 5.59. The van der Waals surface area contributed by atoms with Gasteiger partial charge in [-0.05, 0) is 56.5 Å². The molecule has 0 radical (unpaired) electrons. The molecule has 0 saturated heterocycles. The van der Waals surface area contributed by atoms with Gasteiger partial charge in [0.25, 0.3) is 0 Å². The molecule has 4 nitrogen and oxygen atoms in total. The minimum atomic E-state index is -0.233. The highest BCUT2D eigenvalue weighted by molar-refractivity contribution is 5.75. The topological polar surface area (TPSA) is 41.6 Å².